The summed E-state index contributed by atoms with van der Waals surface area (Å²) in [5.74, 6) is -0.433. The summed E-state index contributed by atoms with van der Waals surface area (Å²) >= 11 is 0. The van der Waals surface area contributed by atoms with E-state index in [1.165, 1.54) is 5.56 Å². The van der Waals surface area contributed by atoms with Gasteiger partial charge in [0.15, 0.2) is 0 Å². The third kappa shape index (κ3) is 4.43. The van der Waals surface area contributed by atoms with Gasteiger partial charge in [-0.25, -0.2) is 0 Å². The number of rotatable bonds is 8. The number of carbonyl (C=O) groups excluding carboxylic acids is 2. The maximum absolute atomic E-state index is 13.1. The Morgan fingerprint density at radius 2 is 1.78 bits per heavy atom. The first-order valence-electron chi connectivity index (χ1n) is 11.4. The summed E-state index contributed by atoms with van der Waals surface area (Å²) in [6.45, 7) is 8.68. The molecule has 32 heavy (non-hydrogen) atoms. The van der Waals surface area contributed by atoms with Crippen LogP contribution in [0, 0.1) is 0 Å². The Balaban J connectivity index is 2.17. The summed E-state index contributed by atoms with van der Waals surface area (Å²) in [7, 11) is 1.61. The quantitative estimate of drug-likeness (QED) is 0.333. The number of likely N-dealkylation sites (tertiary alicyclic amines) is 1. The number of amides is 1. The molecule has 1 heterocycles. The van der Waals surface area contributed by atoms with Gasteiger partial charge in [-0.3, -0.25) is 9.59 Å². The second-order valence-corrected chi connectivity index (χ2v) is 8.55. The SMILES string of the molecule is CCCCN1C(=O)C(=O)/C(=C(\O)c2ccc(OC)c(C(C)C)c2)C1c1ccc(CC)cc1. The van der Waals surface area contributed by atoms with Crippen LogP contribution in [0.4, 0.5) is 0 Å². The van der Waals surface area contributed by atoms with E-state index >= 15 is 0 Å². The van der Waals surface area contributed by atoms with Crippen molar-refractivity contribution in [1.82, 2.24) is 4.90 Å². The number of nitrogens with zero attached hydrogens (tertiary/aromatic N) is 1. The Kier molecular flexibility index (Phi) is 7.39. The van der Waals surface area contributed by atoms with Gasteiger partial charge in [-0.2, -0.15) is 0 Å². The standard InChI is InChI=1S/C27H33NO4/c1-6-8-15-28-24(19-11-9-18(7-2)10-12-19)23(26(30)27(28)31)25(29)20-13-14-22(32-5)21(16-20)17(3)4/h9-14,16-17,24,29H,6-8,15H2,1-5H3/b25-23-. The molecule has 0 aromatic heterocycles. The van der Waals surface area contributed by atoms with Gasteiger partial charge in [-0.05, 0) is 53.6 Å². The molecule has 1 aliphatic heterocycles. The second-order valence-electron chi connectivity index (χ2n) is 8.55. The van der Waals surface area contributed by atoms with Gasteiger partial charge >= 0.3 is 0 Å². The van der Waals surface area contributed by atoms with Crippen LogP contribution in [0.3, 0.4) is 0 Å². The topological polar surface area (TPSA) is 66.8 Å². The molecule has 2 aromatic carbocycles. The number of hydrogen-bond acceptors (Lipinski definition) is 4. The van der Waals surface area contributed by atoms with E-state index < -0.39 is 17.7 Å². The lowest BCUT2D eigenvalue weighted by atomic mass is 9.92. The summed E-state index contributed by atoms with van der Waals surface area (Å²) in [5, 5.41) is 11.3. The number of methoxy groups -OCH3 is 1. The molecule has 5 heteroatoms. The molecule has 0 aliphatic carbocycles. The fourth-order valence-corrected chi connectivity index (χ4v) is 4.21. The summed E-state index contributed by atoms with van der Waals surface area (Å²) in [4.78, 5) is 27.7. The lowest BCUT2D eigenvalue weighted by Crippen LogP contribution is -2.30. The number of aliphatic hydroxyl groups excluding tert-OH is 1. The predicted octanol–water partition coefficient (Wildman–Crippen LogP) is 5.60. The number of Topliss-reactive ketones (excluding diaryl/α,β-unsaturated/α-hetero) is 1. The highest BCUT2D eigenvalue weighted by Crippen LogP contribution is 2.40. The molecule has 0 bridgehead atoms. The minimum absolute atomic E-state index is 0.142. The van der Waals surface area contributed by atoms with Crippen molar-refractivity contribution in [3.8, 4) is 5.75 Å². The third-order valence-electron chi connectivity index (χ3n) is 6.12. The van der Waals surface area contributed by atoms with Crippen LogP contribution in [-0.2, 0) is 16.0 Å². The normalized spacial score (nSPS) is 17.9. The van der Waals surface area contributed by atoms with Gasteiger partial charge in [0.25, 0.3) is 11.7 Å². The second kappa shape index (κ2) is 10.0. The number of benzene rings is 2. The maximum atomic E-state index is 13.1. The summed E-state index contributed by atoms with van der Waals surface area (Å²) in [6.07, 6.45) is 2.59. The first-order valence-corrected chi connectivity index (χ1v) is 11.4. The van der Waals surface area contributed by atoms with Crippen LogP contribution in [0.25, 0.3) is 5.76 Å². The maximum Gasteiger partial charge on any atom is 0.295 e. The fraction of sp³-hybridized carbons (Fsp3) is 0.407. The van der Waals surface area contributed by atoms with Gasteiger partial charge < -0.3 is 14.7 Å². The molecule has 1 atom stereocenters. The number of aryl methyl sites for hydroxylation is 1. The molecule has 1 aliphatic rings. The van der Waals surface area contributed by atoms with Crippen molar-refractivity contribution in [2.45, 2.75) is 58.9 Å². The Morgan fingerprint density at radius 3 is 2.34 bits per heavy atom. The Morgan fingerprint density at radius 1 is 1.09 bits per heavy atom. The number of unbranched alkanes of at least 4 members (excludes halogenated alkanes) is 1. The molecule has 0 saturated carbocycles. The smallest absolute Gasteiger partial charge is 0.295 e. The molecule has 1 amide bonds. The molecule has 0 radical (unpaired) electrons. The van der Waals surface area contributed by atoms with E-state index in [0.29, 0.717) is 12.1 Å². The fourth-order valence-electron chi connectivity index (χ4n) is 4.21. The third-order valence-corrected chi connectivity index (χ3v) is 6.12. The van der Waals surface area contributed by atoms with Gasteiger partial charge in [0.05, 0.1) is 18.7 Å². The van der Waals surface area contributed by atoms with Crippen LogP contribution >= 0.6 is 0 Å². The first kappa shape index (κ1) is 23.6. The predicted molar refractivity (Wildman–Crippen MR) is 127 cm³/mol. The number of hydrogen-bond donors (Lipinski definition) is 1. The van der Waals surface area contributed by atoms with Crippen molar-refractivity contribution in [2.75, 3.05) is 13.7 Å². The van der Waals surface area contributed by atoms with E-state index in [1.54, 1.807) is 24.1 Å². The Bertz CT molecular complexity index is 1020. The zero-order valence-corrected chi connectivity index (χ0v) is 19.6. The van der Waals surface area contributed by atoms with Crippen molar-refractivity contribution in [3.63, 3.8) is 0 Å². The van der Waals surface area contributed by atoms with Crippen molar-refractivity contribution < 1.29 is 19.4 Å². The number of ketones is 1. The number of ether oxygens (including phenoxy) is 1. The highest BCUT2D eigenvalue weighted by atomic mass is 16.5. The van der Waals surface area contributed by atoms with Crippen molar-refractivity contribution >= 4 is 17.4 Å². The van der Waals surface area contributed by atoms with Gasteiger partial charge in [0.1, 0.15) is 11.5 Å². The zero-order chi connectivity index (χ0) is 23.4. The van der Waals surface area contributed by atoms with Crippen LogP contribution in [0.15, 0.2) is 48.0 Å². The first-order chi connectivity index (χ1) is 15.3. The molecule has 1 N–H and O–H groups in total. The van der Waals surface area contributed by atoms with Crippen LogP contribution in [0.1, 0.15) is 74.8 Å². The highest BCUT2D eigenvalue weighted by Gasteiger charge is 2.45. The van der Waals surface area contributed by atoms with Crippen LogP contribution in [-0.4, -0.2) is 35.4 Å². The lowest BCUT2D eigenvalue weighted by molar-refractivity contribution is -0.139. The summed E-state index contributed by atoms with van der Waals surface area (Å²) < 4.78 is 5.45. The van der Waals surface area contributed by atoms with Gasteiger partial charge in [-0.1, -0.05) is 58.4 Å². The van der Waals surface area contributed by atoms with Gasteiger partial charge in [-0.15, -0.1) is 0 Å². The number of aliphatic hydroxyl groups is 1. The molecule has 1 fully saturated rings. The van der Waals surface area contributed by atoms with Crippen LogP contribution in [0.5, 0.6) is 5.75 Å². The molecule has 2 aromatic rings. The average Bonchev–Trinajstić information content (AvgIpc) is 3.06. The van der Waals surface area contributed by atoms with E-state index in [-0.39, 0.29) is 17.3 Å². The Labute approximate surface area is 190 Å². The molecular weight excluding hydrogens is 402 g/mol. The van der Waals surface area contributed by atoms with Gasteiger partial charge in [0, 0.05) is 12.1 Å². The van der Waals surface area contributed by atoms with Crippen LogP contribution < -0.4 is 4.74 Å². The molecule has 5 nitrogen and oxygen atoms in total. The van der Waals surface area contributed by atoms with Crippen molar-refractivity contribution in [3.05, 3.63) is 70.3 Å². The van der Waals surface area contributed by atoms with E-state index in [2.05, 4.69) is 6.92 Å². The molecule has 1 saturated heterocycles. The van der Waals surface area contributed by atoms with E-state index in [1.807, 2.05) is 51.1 Å². The molecule has 0 spiro atoms. The van der Waals surface area contributed by atoms with E-state index in [4.69, 9.17) is 4.74 Å². The summed E-state index contributed by atoms with van der Waals surface area (Å²) in [6, 6.07) is 12.7. The van der Waals surface area contributed by atoms with Gasteiger partial charge in [0.2, 0.25) is 0 Å². The monoisotopic (exact) mass is 435 g/mol. The number of carbonyl (C=O) groups is 2. The minimum atomic E-state index is -0.634. The summed E-state index contributed by atoms with van der Waals surface area (Å²) in [5.41, 5.74) is 3.60. The van der Waals surface area contributed by atoms with Crippen molar-refractivity contribution in [2.24, 2.45) is 0 Å². The molecule has 1 unspecified atom stereocenters. The molecule has 3 rings (SSSR count). The average molecular weight is 436 g/mol. The van der Waals surface area contributed by atoms with E-state index in [0.717, 1.165) is 36.1 Å². The Hall–Kier alpha value is -3.08. The molecule has 170 valence electrons. The highest BCUT2D eigenvalue weighted by molar-refractivity contribution is 6.46. The molecular formula is C27H33NO4. The van der Waals surface area contributed by atoms with Crippen LogP contribution in [0.2, 0.25) is 0 Å². The minimum Gasteiger partial charge on any atom is -0.507 e. The lowest BCUT2D eigenvalue weighted by Gasteiger charge is -2.25. The largest absolute Gasteiger partial charge is 0.507 e. The van der Waals surface area contributed by atoms with E-state index in [9.17, 15) is 14.7 Å². The zero-order valence-electron chi connectivity index (χ0n) is 19.6. The van der Waals surface area contributed by atoms with Crippen molar-refractivity contribution in [1.29, 1.82) is 0 Å².